The monoisotopic (exact) mass is 260 g/mol. The Hall–Kier alpha value is -1.32. The predicted octanol–water partition coefficient (Wildman–Crippen LogP) is 3.05. The Labute approximate surface area is 115 Å². The summed E-state index contributed by atoms with van der Waals surface area (Å²) in [6.07, 6.45) is 2.77. The lowest BCUT2D eigenvalue weighted by molar-refractivity contribution is 0.0383. The van der Waals surface area contributed by atoms with Gasteiger partial charge in [0.05, 0.1) is 5.60 Å². The van der Waals surface area contributed by atoms with Crippen molar-refractivity contribution >= 4 is 10.9 Å². The maximum Gasteiger partial charge on any atom is 0.0746 e. The summed E-state index contributed by atoms with van der Waals surface area (Å²) < 4.78 is 0. The Morgan fingerprint density at radius 3 is 2.84 bits per heavy atom. The maximum absolute atomic E-state index is 10.2. The van der Waals surface area contributed by atoms with E-state index in [-0.39, 0.29) is 0 Å². The Balaban J connectivity index is 1.88. The summed E-state index contributed by atoms with van der Waals surface area (Å²) in [7, 11) is 0. The number of rotatable bonds is 6. The van der Waals surface area contributed by atoms with Crippen molar-refractivity contribution < 1.29 is 5.11 Å². The third-order valence-electron chi connectivity index (χ3n) is 3.30. The van der Waals surface area contributed by atoms with Crippen molar-refractivity contribution in [1.82, 2.24) is 10.3 Å². The summed E-state index contributed by atoms with van der Waals surface area (Å²) in [4.78, 5) is 3.19. The standard InChI is InChI=1S/C16H24N2O/c1-12(2)9-16(3,19)11-17-10-13-4-5-15-14(8-13)6-7-18-15/h4-8,12,17-19H,9-11H2,1-3H3. The van der Waals surface area contributed by atoms with Crippen LogP contribution in [-0.4, -0.2) is 22.2 Å². The fourth-order valence-corrected chi connectivity index (χ4v) is 2.64. The third-order valence-corrected chi connectivity index (χ3v) is 3.30. The molecule has 1 heterocycles. The number of aromatic amines is 1. The SMILES string of the molecule is CC(C)CC(C)(O)CNCc1ccc2[nH]ccc2c1. The van der Waals surface area contributed by atoms with Crippen LogP contribution in [0.4, 0.5) is 0 Å². The van der Waals surface area contributed by atoms with Crippen LogP contribution in [0.3, 0.4) is 0 Å². The molecule has 3 N–H and O–H groups in total. The number of aromatic nitrogens is 1. The van der Waals surface area contributed by atoms with Crippen LogP contribution in [0.1, 0.15) is 32.8 Å². The van der Waals surface area contributed by atoms with Gasteiger partial charge >= 0.3 is 0 Å². The molecule has 0 saturated carbocycles. The normalized spacial score (nSPS) is 15.0. The maximum atomic E-state index is 10.2. The molecule has 0 aliphatic heterocycles. The molecule has 2 rings (SSSR count). The van der Waals surface area contributed by atoms with Gasteiger partial charge < -0.3 is 15.4 Å². The molecule has 1 unspecified atom stereocenters. The van der Waals surface area contributed by atoms with Gasteiger partial charge in [-0.15, -0.1) is 0 Å². The Morgan fingerprint density at radius 1 is 1.32 bits per heavy atom. The quantitative estimate of drug-likeness (QED) is 0.747. The van der Waals surface area contributed by atoms with Gasteiger partial charge in [0.15, 0.2) is 0 Å². The van der Waals surface area contributed by atoms with Crippen molar-refractivity contribution in [3.8, 4) is 0 Å². The predicted molar refractivity (Wildman–Crippen MR) is 80.1 cm³/mol. The fraction of sp³-hybridized carbons (Fsp3) is 0.500. The third kappa shape index (κ3) is 4.08. The van der Waals surface area contributed by atoms with Crippen molar-refractivity contribution in [2.24, 2.45) is 5.92 Å². The Morgan fingerprint density at radius 2 is 2.11 bits per heavy atom. The second kappa shape index (κ2) is 5.76. The average Bonchev–Trinajstić information content (AvgIpc) is 2.74. The van der Waals surface area contributed by atoms with Gasteiger partial charge in [-0.25, -0.2) is 0 Å². The van der Waals surface area contributed by atoms with Crippen LogP contribution in [0.5, 0.6) is 0 Å². The molecule has 104 valence electrons. The van der Waals surface area contributed by atoms with Crippen LogP contribution >= 0.6 is 0 Å². The number of nitrogens with one attached hydrogen (secondary N) is 2. The lowest BCUT2D eigenvalue weighted by atomic mass is 9.94. The second-order valence-electron chi connectivity index (χ2n) is 6.10. The second-order valence-corrected chi connectivity index (χ2v) is 6.10. The van der Waals surface area contributed by atoms with E-state index in [9.17, 15) is 5.11 Å². The van der Waals surface area contributed by atoms with Gasteiger partial charge in [0.1, 0.15) is 0 Å². The molecule has 1 aromatic carbocycles. The summed E-state index contributed by atoms with van der Waals surface area (Å²) in [5, 5.41) is 14.8. The van der Waals surface area contributed by atoms with E-state index in [1.54, 1.807) is 0 Å². The molecule has 1 atom stereocenters. The van der Waals surface area contributed by atoms with Crippen LogP contribution in [0.2, 0.25) is 0 Å². The lowest BCUT2D eigenvalue weighted by Crippen LogP contribution is -2.38. The summed E-state index contributed by atoms with van der Waals surface area (Å²) in [5.74, 6) is 0.507. The molecule has 0 spiro atoms. The average molecular weight is 260 g/mol. The van der Waals surface area contributed by atoms with Crippen molar-refractivity contribution in [2.75, 3.05) is 6.54 Å². The first-order valence-corrected chi connectivity index (χ1v) is 6.95. The molecule has 3 nitrogen and oxygen atoms in total. The number of fused-ring (bicyclic) bond motifs is 1. The highest BCUT2D eigenvalue weighted by molar-refractivity contribution is 5.79. The molecule has 0 aliphatic rings. The number of H-pyrrole nitrogens is 1. The van der Waals surface area contributed by atoms with Gasteiger partial charge in [-0.3, -0.25) is 0 Å². The lowest BCUT2D eigenvalue weighted by Gasteiger charge is -2.25. The number of hydrogen-bond acceptors (Lipinski definition) is 2. The Kier molecular flexibility index (Phi) is 4.27. The zero-order valence-corrected chi connectivity index (χ0v) is 12.0. The Bertz CT molecular complexity index is 528. The van der Waals surface area contributed by atoms with Crippen LogP contribution in [-0.2, 0) is 6.54 Å². The number of hydrogen-bond donors (Lipinski definition) is 3. The first-order chi connectivity index (χ1) is 8.96. The van der Waals surface area contributed by atoms with Crippen LogP contribution < -0.4 is 5.32 Å². The highest BCUT2D eigenvalue weighted by Gasteiger charge is 2.20. The van der Waals surface area contributed by atoms with E-state index in [2.05, 4.69) is 48.4 Å². The summed E-state index contributed by atoms with van der Waals surface area (Å²) in [5.41, 5.74) is 1.77. The van der Waals surface area contributed by atoms with Crippen LogP contribution in [0, 0.1) is 5.92 Å². The number of benzene rings is 1. The van der Waals surface area contributed by atoms with E-state index >= 15 is 0 Å². The van der Waals surface area contributed by atoms with Gasteiger partial charge in [0.25, 0.3) is 0 Å². The molecule has 2 aromatic rings. The van der Waals surface area contributed by atoms with E-state index in [1.807, 2.05) is 13.1 Å². The summed E-state index contributed by atoms with van der Waals surface area (Å²) >= 11 is 0. The highest BCUT2D eigenvalue weighted by Crippen LogP contribution is 2.16. The van der Waals surface area contributed by atoms with E-state index in [0.29, 0.717) is 12.5 Å². The van der Waals surface area contributed by atoms with Crippen molar-refractivity contribution in [3.05, 3.63) is 36.0 Å². The van der Waals surface area contributed by atoms with Crippen molar-refractivity contribution in [3.63, 3.8) is 0 Å². The molecule has 0 aliphatic carbocycles. The molecule has 3 heteroatoms. The molecule has 19 heavy (non-hydrogen) atoms. The molecular formula is C16H24N2O. The molecular weight excluding hydrogens is 236 g/mol. The largest absolute Gasteiger partial charge is 0.389 e. The zero-order valence-electron chi connectivity index (χ0n) is 12.0. The minimum Gasteiger partial charge on any atom is -0.389 e. The highest BCUT2D eigenvalue weighted by atomic mass is 16.3. The van der Waals surface area contributed by atoms with E-state index in [0.717, 1.165) is 18.5 Å². The van der Waals surface area contributed by atoms with Gasteiger partial charge in [-0.2, -0.15) is 0 Å². The van der Waals surface area contributed by atoms with Crippen LogP contribution in [0.15, 0.2) is 30.5 Å². The summed E-state index contributed by atoms with van der Waals surface area (Å²) in [6, 6.07) is 8.46. The minimum absolute atomic E-state index is 0.507. The van der Waals surface area contributed by atoms with Gasteiger partial charge in [0.2, 0.25) is 0 Å². The zero-order chi connectivity index (χ0) is 13.9. The topological polar surface area (TPSA) is 48.0 Å². The van der Waals surface area contributed by atoms with Gasteiger partial charge in [0, 0.05) is 24.8 Å². The number of aliphatic hydroxyl groups is 1. The van der Waals surface area contributed by atoms with Crippen LogP contribution in [0.25, 0.3) is 10.9 Å². The first-order valence-electron chi connectivity index (χ1n) is 6.95. The van der Waals surface area contributed by atoms with E-state index < -0.39 is 5.60 Å². The summed E-state index contributed by atoms with van der Waals surface area (Å²) in [6.45, 7) is 7.57. The minimum atomic E-state index is -0.633. The molecule has 0 radical (unpaired) electrons. The fourth-order valence-electron chi connectivity index (χ4n) is 2.64. The van der Waals surface area contributed by atoms with E-state index in [4.69, 9.17) is 0 Å². The molecule has 0 fully saturated rings. The van der Waals surface area contributed by atoms with Crippen molar-refractivity contribution in [2.45, 2.75) is 39.3 Å². The van der Waals surface area contributed by atoms with Gasteiger partial charge in [-0.05, 0) is 48.4 Å². The van der Waals surface area contributed by atoms with Gasteiger partial charge in [-0.1, -0.05) is 19.9 Å². The molecule has 1 aromatic heterocycles. The molecule has 0 bridgehead atoms. The van der Waals surface area contributed by atoms with Crippen molar-refractivity contribution in [1.29, 1.82) is 0 Å². The molecule has 0 saturated heterocycles. The molecule has 0 amide bonds. The van der Waals surface area contributed by atoms with E-state index in [1.165, 1.54) is 10.9 Å². The first kappa shape index (κ1) is 14.1. The smallest absolute Gasteiger partial charge is 0.0746 e.